The van der Waals surface area contributed by atoms with Crippen molar-refractivity contribution in [1.82, 2.24) is 9.21 Å². The number of hydrogen-bond acceptors (Lipinski definition) is 3. The summed E-state index contributed by atoms with van der Waals surface area (Å²) >= 11 is 0. The van der Waals surface area contributed by atoms with Gasteiger partial charge in [-0.1, -0.05) is 24.3 Å². The van der Waals surface area contributed by atoms with E-state index in [9.17, 15) is 17.6 Å². The second-order valence-electron chi connectivity index (χ2n) is 7.37. The maximum absolute atomic E-state index is 13.7. The molecule has 0 aromatic heterocycles. The lowest BCUT2D eigenvalue weighted by Crippen LogP contribution is -2.50. The first-order chi connectivity index (χ1) is 13.9. The van der Waals surface area contributed by atoms with Gasteiger partial charge in [0.2, 0.25) is 15.9 Å². The number of sulfonamides is 1. The SMILES string of the molecule is O=C(/C=C/c1ccccc1F)N1CCN(S(=O)(=O)c2ccc3c(c2)CCC3)CC1. The number of nitrogens with zero attached hydrogens (tertiary/aromatic N) is 2. The Bertz CT molecular complexity index is 1060. The molecule has 2 aliphatic rings. The molecule has 4 rings (SSSR count). The van der Waals surface area contributed by atoms with E-state index in [0.29, 0.717) is 23.5 Å². The average Bonchev–Trinajstić information content (AvgIpc) is 3.21. The van der Waals surface area contributed by atoms with Crippen LogP contribution in [0.1, 0.15) is 23.1 Å². The van der Waals surface area contributed by atoms with Crippen LogP contribution in [0.3, 0.4) is 0 Å². The molecule has 0 atom stereocenters. The Morgan fingerprint density at radius 3 is 2.45 bits per heavy atom. The van der Waals surface area contributed by atoms with Crippen LogP contribution in [0, 0.1) is 5.82 Å². The molecule has 0 spiro atoms. The lowest BCUT2D eigenvalue weighted by Gasteiger charge is -2.33. The summed E-state index contributed by atoms with van der Waals surface area (Å²) in [6, 6.07) is 11.6. The van der Waals surface area contributed by atoms with Gasteiger partial charge < -0.3 is 4.90 Å². The molecule has 0 radical (unpaired) electrons. The molecule has 1 aliphatic carbocycles. The highest BCUT2D eigenvalue weighted by atomic mass is 32.2. The van der Waals surface area contributed by atoms with Crippen molar-refractivity contribution < 1.29 is 17.6 Å². The van der Waals surface area contributed by atoms with Crippen molar-refractivity contribution in [2.45, 2.75) is 24.2 Å². The Labute approximate surface area is 170 Å². The topological polar surface area (TPSA) is 57.7 Å². The highest BCUT2D eigenvalue weighted by molar-refractivity contribution is 7.89. The molecule has 1 saturated heterocycles. The predicted molar refractivity (Wildman–Crippen MR) is 109 cm³/mol. The highest BCUT2D eigenvalue weighted by Crippen LogP contribution is 2.26. The Balaban J connectivity index is 1.40. The van der Waals surface area contributed by atoms with E-state index in [4.69, 9.17) is 0 Å². The maximum Gasteiger partial charge on any atom is 0.246 e. The van der Waals surface area contributed by atoms with Crippen LogP contribution in [0.2, 0.25) is 0 Å². The molecule has 1 fully saturated rings. The first kappa shape index (κ1) is 19.8. The number of halogens is 1. The van der Waals surface area contributed by atoms with Gasteiger partial charge in [-0.25, -0.2) is 12.8 Å². The van der Waals surface area contributed by atoms with Gasteiger partial charge >= 0.3 is 0 Å². The van der Waals surface area contributed by atoms with Gasteiger partial charge in [-0.2, -0.15) is 4.31 Å². The summed E-state index contributed by atoms with van der Waals surface area (Å²) in [6.07, 6.45) is 5.79. The summed E-state index contributed by atoms with van der Waals surface area (Å²) in [7, 11) is -3.57. The molecular formula is C22H23FN2O3S. The largest absolute Gasteiger partial charge is 0.337 e. The zero-order chi connectivity index (χ0) is 20.4. The Morgan fingerprint density at radius 1 is 0.966 bits per heavy atom. The van der Waals surface area contributed by atoms with Crippen molar-refractivity contribution in [3.63, 3.8) is 0 Å². The molecule has 1 aliphatic heterocycles. The smallest absolute Gasteiger partial charge is 0.246 e. The second-order valence-corrected chi connectivity index (χ2v) is 9.31. The zero-order valence-electron chi connectivity index (χ0n) is 16.1. The van der Waals surface area contributed by atoms with E-state index in [2.05, 4.69) is 0 Å². The summed E-state index contributed by atoms with van der Waals surface area (Å²) in [5.41, 5.74) is 2.71. The van der Waals surface area contributed by atoms with Crippen LogP contribution in [-0.4, -0.2) is 49.7 Å². The monoisotopic (exact) mass is 414 g/mol. The Morgan fingerprint density at radius 2 is 1.69 bits per heavy atom. The average molecular weight is 415 g/mol. The van der Waals surface area contributed by atoms with Gasteiger partial charge in [0.05, 0.1) is 4.90 Å². The highest BCUT2D eigenvalue weighted by Gasteiger charge is 2.30. The van der Waals surface area contributed by atoms with E-state index < -0.39 is 10.0 Å². The molecule has 0 bridgehead atoms. The van der Waals surface area contributed by atoms with Crippen LogP contribution in [0.15, 0.2) is 53.4 Å². The fourth-order valence-electron chi connectivity index (χ4n) is 3.88. The van der Waals surface area contributed by atoms with E-state index in [1.54, 1.807) is 35.2 Å². The number of piperazine rings is 1. The molecule has 7 heteroatoms. The number of rotatable bonds is 4. The minimum atomic E-state index is -3.57. The summed E-state index contributed by atoms with van der Waals surface area (Å²) in [6.45, 7) is 1.12. The van der Waals surface area contributed by atoms with Crippen molar-refractivity contribution in [2.24, 2.45) is 0 Å². The molecule has 0 N–H and O–H groups in total. The summed E-state index contributed by atoms with van der Waals surface area (Å²) < 4.78 is 41.1. The fourth-order valence-corrected chi connectivity index (χ4v) is 5.36. The minimum Gasteiger partial charge on any atom is -0.337 e. The van der Waals surface area contributed by atoms with Crippen molar-refractivity contribution in [1.29, 1.82) is 0 Å². The van der Waals surface area contributed by atoms with E-state index in [1.165, 1.54) is 28.1 Å². The van der Waals surface area contributed by atoms with Crippen molar-refractivity contribution in [2.75, 3.05) is 26.2 Å². The molecule has 0 unspecified atom stereocenters. The molecule has 0 saturated carbocycles. The van der Waals surface area contributed by atoms with Crippen LogP contribution in [0.5, 0.6) is 0 Å². The van der Waals surface area contributed by atoms with Gasteiger partial charge in [0.15, 0.2) is 0 Å². The number of amides is 1. The van der Waals surface area contributed by atoms with Crippen molar-refractivity contribution >= 4 is 22.0 Å². The maximum atomic E-state index is 13.7. The Kier molecular flexibility index (Phi) is 5.52. The third-order valence-electron chi connectivity index (χ3n) is 5.57. The summed E-state index contributed by atoms with van der Waals surface area (Å²) in [5.74, 6) is -0.635. The van der Waals surface area contributed by atoms with Gasteiger partial charge in [-0.15, -0.1) is 0 Å². The third kappa shape index (κ3) is 4.11. The van der Waals surface area contributed by atoms with Crippen LogP contribution in [0.4, 0.5) is 4.39 Å². The van der Waals surface area contributed by atoms with E-state index in [1.807, 2.05) is 6.07 Å². The van der Waals surface area contributed by atoms with Crippen molar-refractivity contribution in [3.05, 3.63) is 71.0 Å². The number of aryl methyl sites for hydroxylation is 2. The van der Waals surface area contributed by atoms with Gasteiger partial charge in [0.25, 0.3) is 0 Å². The number of fused-ring (bicyclic) bond motifs is 1. The van der Waals surface area contributed by atoms with Crippen LogP contribution in [0.25, 0.3) is 6.08 Å². The van der Waals surface area contributed by atoms with E-state index in [-0.39, 0.29) is 24.8 Å². The molecule has 2 aromatic carbocycles. The standard InChI is InChI=1S/C22H23FN2O3S/c23-21-7-2-1-4-18(21)9-11-22(26)24-12-14-25(15-13-24)29(27,28)20-10-8-17-5-3-6-19(17)16-20/h1-2,4,7-11,16H,3,5-6,12-15H2/b11-9+. The molecule has 152 valence electrons. The van der Waals surface area contributed by atoms with E-state index >= 15 is 0 Å². The summed E-state index contributed by atoms with van der Waals surface area (Å²) in [5, 5.41) is 0. The number of benzene rings is 2. The number of hydrogen-bond donors (Lipinski definition) is 0. The third-order valence-corrected chi connectivity index (χ3v) is 7.46. The summed E-state index contributed by atoms with van der Waals surface area (Å²) in [4.78, 5) is 14.3. The first-order valence-corrected chi connectivity index (χ1v) is 11.2. The van der Waals surface area contributed by atoms with Crippen LogP contribution < -0.4 is 0 Å². The van der Waals surface area contributed by atoms with Crippen LogP contribution >= 0.6 is 0 Å². The predicted octanol–water partition coefficient (Wildman–Crippen LogP) is 2.86. The molecule has 5 nitrogen and oxygen atoms in total. The van der Waals surface area contributed by atoms with Crippen molar-refractivity contribution in [3.8, 4) is 0 Å². The molecule has 29 heavy (non-hydrogen) atoms. The van der Waals surface area contributed by atoms with Gasteiger partial charge in [0, 0.05) is 37.8 Å². The number of carbonyl (C=O) groups excluding carboxylic acids is 1. The van der Waals surface area contributed by atoms with Gasteiger partial charge in [-0.05, 0) is 54.7 Å². The zero-order valence-corrected chi connectivity index (χ0v) is 16.9. The molecular weight excluding hydrogens is 391 g/mol. The van der Waals surface area contributed by atoms with Crippen LogP contribution in [-0.2, 0) is 27.7 Å². The number of carbonyl (C=O) groups is 1. The second kappa shape index (κ2) is 8.08. The molecule has 1 amide bonds. The lowest BCUT2D eigenvalue weighted by molar-refractivity contribution is -0.127. The molecule has 1 heterocycles. The van der Waals surface area contributed by atoms with Gasteiger partial charge in [0.1, 0.15) is 5.82 Å². The fraction of sp³-hybridized carbons (Fsp3) is 0.318. The van der Waals surface area contributed by atoms with Gasteiger partial charge in [-0.3, -0.25) is 4.79 Å². The minimum absolute atomic E-state index is 0.247. The Hall–Kier alpha value is -2.51. The molecule has 2 aromatic rings. The lowest BCUT2D eigenvalue weighted by atomic mass is 10.1. The quantitative estimate of drug-likeness (QED) is 0.723. The normalized spacial score (nSPS) is 17.6. The first-order valence-electron chi connectivity index (χ1n) is 9.78. The van der Waals surface area contributed by atoms with E-state index in [0.717, 1.165) is 24.8 Å².